The molecule has 0 bridgehead atoms. The van der Waals surface area contributed by atoms with Crippen molar-refractivity contribution >= 4 is 5.69 Å². The van der Waals surface area contributed by atoms with E-state index in [1.807, 2.05) is 6.20 Å². The highest BCUT2D eigenvalue weighted by Crippen LogP contribution is 2.20. The van der Waals surface area contributed by atoms with Gasteiger partial charge in [-0.25, -0.2) is 0 Å². The summed E-state index contributed by atoms with van der Waals surface area (Å²) in [7, 11) is 1.75. The minimum Gasteiger partial charge on any atom is -0.380 e. The molecule has 1 aliphatic rings. The summed E-state index contributed by atoms with van der Waals surface area (Å²) >= 11 is 0. The van der Waals surface area contributed by atoms with E-state index in [0.717, 1.165) is 38.4 Å². The fourth-order valence-electron chi connectivity index (χ4n) is 2.38. The van der Waals surface area contributed by atoms with Crippen LogP contribution in [0.5, 0.6) is 0 Å². The number of hydrogen-bond donors (Lipinski definition) is 1. The maximum Gasteiger partial charge on any atom is 0.0674 e. The lowest BCUT2D eigenvalue weighted by Crippen LogP contribution is -2.35. The third-order valence-corrected chi connectivity index (χ3v) is 3.60. The van der Waals surface area contributed by atoms with Gasteiger partial charge in [-0.3, -0.25) is 4.98 Å². The first-order valence-corrected chi connectivity index (χ1v) is 7.60. The highest BCUT2D eigenvalue weighted by atomic mass is 16.5. The fourth-order valence-corrected chi connectivity index (χ4v) is 2.38. The number of hydrogen-bond acceptors (Lipinski definition) is 4. The quantitative estimate of drug-likeness (QED) is 0.846. The summed E-state index contributed by atoms with van der Waals surface area (Å²) < 4.78 is 5.20. The summed E-state index contributed by atoms with van der Waals surface area (Å²) in [5.74, 6) is 0. The van der Waals surface area contributed by atoms with Gasteiger partial charge in [0.2, 0.25) is 0 Å². The molecule has 1 aromatic heterocycles. The van der Waals surface area contributed by atoms with Crippen molar-refractivity contribution in [2.75, 3.05) is 31.7 Å². The lowest BCUT2D eigenvalue weighted by Gasteiger charge is -2.28. The van der Waals surface area contributed by atoms with Crippen molar-refractivity contribution in [3.05, 3.63) is 35.7 Å². The van der Waals surface area contributed by atoms with Crippen LogP contribution in [-0.4, -0.2) is 37.3 Å². The van der Waals surface area contributed by atoms with Gasteiger partial charge in [-0.2, -0.15) is 0 Å². The lowest BCUT2D eigenvalue weighted by molar-refractivity contribution is 0.222. The zero-order valence-electron chi connectivity index (χ0n) is 13.6. The van der Waals surface area contributed by atoms with Gasteiger partial charge in [-0.15, -0.1) is 0 Å². The van der Waals surface area contributed by atoms with Gasteiger partial charge in [0.05, 0.1) is 12.3 Å². The molecule has 1 aliphatic heterocycles. The Bertz CT molecular complexity index is 491. The van der Waals surface area contributed by atoms with E-state index >= 15 is 0 Å². The molecule has 0 fully saturated rings. The van der Waals surface area contributed by atoms with Gasteiger partial charge in [-0.1, -0.05) is 6.08 Å². The topological polar surface area (TPSA) is 37.4 Å². The van der Waals surface area contributed by atoms with E-state index in [2.05, 4.69) is 54.2 Å². The third kappa shape index (κ3) is 5.14. The minimum atomic E-state index is 0.112. The van der Waals surface area contributed by atoms with E-state index < -0.39 is 0 Å². The van der Waals surface area contributed by atoms with E-state index in [0.29, 0.717) is 0 Å². The average molecular weight is 289 g/mol. The van der Waals surface area contributed by atoms with Crippen molar-refractivity contribution in [3.63, 3.8) is 0 Å². The van der Waals surface area contributed by atoms with Gasteiger partial charge in [0.1, 0.15) is 0 Å². The Balaban J connectivity index is 1.98. The van der Waals surface area contributed by atoms with Gasteiger partial charge in [-0.05, 0) is 44.9 Å². The van der Waals surface area contributed by atoms with Crippen molar-refractivity contribution in [2.45, 2.75) is 39.3 Å². The van der Waals surface area contributed by atoms with Crippen LogP contribution in [-0.2, 0) is 11.3 Å². The predicted molar refractivity (Wildman–Crippen MR) is 87.6 cm³/mol. The number of aromatic nitrogens is 1. The summed E-state index contributed by atoms with van der Waals surface area (Å²) in [6, 6.07) is 4.28. The monoisotopic (exact) mass is 289 g/mol. The molecule has 2 rings (SSSR count). The summed E-state index contributed by atoms with van der Waals surface area (Å²) in [4.78, 5) is 6.85. The van der Waals surface area contributed by atoms with Gasteiger partial charge >= 0.3 is 0 Å². The Labute approximate surface area is 128 Å². The fraction of sp³-hybridized carbons (Fsp3) is 0.588. The molecule has 21 heavy (non-hydrogen) atoms. The van der Waals surface area contributed by atoms with Gasteiger partial charge < -0.3 is 15.0 Å². The van der Waals surface area contributed by atoms with Crippen LogP contribution in [0, 0.1) is 0 Å². The van der Waals surface area contributed by atoms with Crippen LogP contribution in [0.3, 0.4) is 0 Å². The molecule has 1 aromatic rings. The number of nitrogens with one attached hydrogen (secondary N) is 1. The highest BCUT2D eigenvalue weighted by Gasteiger charge is 2.13. The molecule has 0 radical (unpaired) electrons. The molecule has 0 aromatic carbocycles. The minimum absolute atomic E-state index is 0.112. The van der Waals surface area contributed by atoms with E-state index in [1.165, 1.54) is 11.3 Å². The number of anilines is 1. The molecule has 0 saturated carbocycles. The molecule has 0 saturated heterocycles. The molecule has 0 amide bonds. The van der Waals surface area contributed by atoms with Crippen molar-refractivity contribution < 1.29 is 4.74 Å². The molecule has 0 unspecified atom stereocenters. The summed E-state index contributed by atoms with van der Waals surface area (Å²) in [6.07, 6.45) is 5.26. The van der Waals surface area contributed by atoms with Crippen molar-refractivity contribution in [3.8, 4) is 0 Å². The standard InChI is InChI=1S/C17H27N3O/c1-17(2,3)19-12-15-11-16(5-8-18-15)20-9-6-14(7-10-20)13-21-4/h5-6,8,11,19H,7,9-10,12-13H2,1-4H3. The van der Waals surface area contributed by atoms with E-state index in [4.69, 9.17) is 4.74 Å². The van der Waals surface area contributed by atoms with E-state index in [1.54, 1.807) is 7.11 Å². The van der Waals surface area contributed by atoms with Crippen LogP contribution in [0.2, 0.25) is 0 Å². The zero-order valence-corrected chi connectivity index (χ0v) is 13.6. The molecule has 2 heterocycles. The molecule has 4 heteroatoms. The summed E-state index contributed by atoms with van der Waals surface area (Å²) in [5, 5.41) is 3.48. The smallest absolute Gasteiger partial charge is 0.0674 e. The zero-order chi connectivity index (χ0) is 15.3. The van der Waals surface area contributed by atoms with Crippen LogP contribution < -0.4 is 10.2 Å². The predicted octanol–water partition coefficient (Wildman–Crippen LogP) is 2.75. The Hall–Kier alpha value is -1.39. The van der Waals surface area contributed by atoms with Crippen molar-refractivity contribution in [2.24, 2.45) is 0 Å². The average Bonchev–Trinajstić information content (AvgIpc) is 2.46. The van der Waals surface area contributed by atoms with Crippen LogP contribution in [0.4, 0.5) is 5.69 Å². The van der Waals surface area contributed by atoms with Crippen molar-refractivity contribution in [1.29, 1.82) is 0 Å². The number of pyridine rings is 1. The number of nitrogens with zero attached hydrogens (tertiary/aromatic N) is 2. The highest BCUT2D eigenvalue weighted by molar-refractivity contribution is 5.48. The second-order valence-corrected chi connectivity index (χ2v) is 6.60. The third-order valence-electron chi connectivity index (χ3n) is 3.60. The van der Waals surface area contributed by atoms with Crippen LogP contribution >= 0.6 is 0 Å². The Kier molecular flexibility index (Phi) is 5.37. The number of rotatable bonds is 5. The second-order valence-electron chi connectivity index (χ2n) is 6.60. The molecule has 1 N–H and O–H groups in total. The SMILES string of the molecule is COCC1=CCN(c2ccnc(CNC(C)(C)C)c2)CC1. The van der Waals surface area contributed by atoms with Crippen LogP contribution in [0.1, 0.15) is 32.9 Å². The molecule has 0 spiro atoms. The summed E-state index contributed by atoms with van der Waals surface area (Å²) in [5.41, 5.74) is 3.86. The van der Waals surface area contributed by atoms with Gasteiger partial charge in [0.15, 0.2) is 0 Å². The molecule has 4 nitrogen and oxygen atoms in total. The lowest BCUT2D eigenvalue weighted by atomic mass is 10.1. The first kappa shape index (κ1) is 16.0. The van der Waals surface area contributed by atoms with Crippen LogP contribution in [0.25, 0.3) is 0 Å². The van der Waals surface area contributed by atoms with Gasteiger partial charge in [0.25, 0.3) is 0 Å². The first-order valence-electron chi connectivity index (χ1n) is 7.60. The second kappa shape index (κ2) is 7.05. The Morgan fingerprint density at radius 2 is 2.19 bits per heavy atom. The van der Waals surface area contributed by atoms with E-state index in [-0.39, 0.29) is 5.54 Å². The largest absolute Gasteiger partial charge is 0.380 e. The molecule has 116 valence electrons. The molecular weight excluding hydrogens is 262 g/mol. The first-order chi connectivity index (χ1) is 9.98. The molecular formula is C17H27N3O. The summed E-state index contributed by atoms with van der Waals surface area (Å²) in [6.45, 7) is 10.1. The molecule has 0 aliphatic carbocycles. The number of methoxy groups -OCH3 is 1. The van der Waals surface area contributed by atoms with Crippen LogP contribution in [0.15, 0.2) is 30.0 Å². The Morgan fingerprint density at radius 1 is 1.38 bits per heavy atom. The van der Waals surface area contributed by atoms with Gasteiger partial charge in [0, 0.05) is 44.2 Å². The number of ether oxygens (including phenoxy) is 1. The van der Waals surface area contributed by atoms with Crippen molar-refractivity contribution in [1.82, 2.24) is 10.3 Å². The normalized spacial score (nSPS) is 16.0. The van der Waals surface area contributed by atoms with E-state index in [9.17, 15) is 0 Å². The maximum atomic E-state index is 5.20. The Morgan fingerprint density at radius 3 is 2.81 bits per heavy atom. The maximum absolute atomic E-state index is 5.20. The molecule has 0 atom stereocenters.